The van der Waals surface area contributed by atoms with Crippen molar-refractivity contribution in [1.82, 2.24) is 5.32 Å². The van der Waals surface area contributed by atoms with Crippen molar-refractivity contribution in [1.29, 1.82) is 0 Å². The first-order valence-corrected chi connectivity index (χ1v) is 18.7. The number of hydrogen-bond donors (Lipinski definition) is 9. The quantitative estimate of drug-likeness (QED) is 0.0477. The average Bonchev–Trinajstić information content (AvgIpc) is 3.12. The second-order valence-corrected chi connectivity index (χ2v) is 13.3. The van der Waals surface area contributed by atoms with Gasteiger partial charge in [-0.3, -0.25) is 4.79 Å². The lowest BCUT2D eigenvalue weighted by Gasteiger charge is -2.46. The minimum Gasteiger partial charge on any atom is -0.394 e. The van der Waals surface area contributed by atoms with E-state index in [1.165, 1.54) is 0 Å². The lowest BCUT2D eigenvalue weighted by atomic mass is 9.97. The number of allylic oxidation sites excluding steroid dienone is 5. The predicted octanol–water partition coefficient (Wildman–Crippen LogP) is 1.25. The van der Waals surface area contributed by atoms with E-state index in [1.54, 1.807) is 6.08 Å². The SMILES string of the molecule is CCC/C=C\C/C=C\CCCCCCCC(=O)NC(COC1OC(CO)C(OC2OC(CO)C(O)C(O)C2O)C(O)C1O)C(O)/C=C/CCCC. The Hall–Kier alpha value is -1.79. The third-order valence-electron chi connectivity index (χ3n) is 9.05. The van der Waals surface area contributed by atoms with Crippen LogP contribution >= 0.6 is 0 Å². The maximum atomic E-state index is 12.9. The fourth-order valence-electron chi connectivity index (χ4n) is 5.84. The number of carbonyl (C=O) groups excluding carboxylic acids is 1. The Labute approximate surface area is 302 Å². The van der Waals surface area contributed by atoms with Crippen LogP contribution in [0.4, 0.5) is 0 Å². The van der Waals surface area contributed by atoms with E-state index in [0.29, 0.717) is 6.42 Å². The van der Waals surface area contributed by atoms with Gasteiger partial charge < -0.3 is 65.1 Å². The number of ether oxygens (including phenoxy) is 4. The van der Waals surface area contributed by atoms with Crippen molar-refractivity contribution in [2.24, 2.45) is 0 Å². The summed E-state index contributed by atoms with van der Waals surface area (Å²) in [5.41, 5.74) is 0. The molecule has 0 aromatic rings. The summed E-state index contributed by atoms with van der Waals surface area (Å²) in [5.74, 6) is -0.268. The second-order valence-electron chi connectivity index (χ2n) is 13.3. The summed E-state index contributed by atoms with van der Waals surface area (Å²) < 4.78 is 22.4. The van der Waals surface area contributed by atoms with Crippen LogP contribution in [-0.2, 0) is 23.7 Å². The average molecular weight is 732 g/mol. The van der Waals surface area contributed by atoms with Gasteiger partial charge in [-0.1, -0.05) is 88.8 Å². The highest BCUT2D eigenvalue weighted by molar-refractivity contribution is 5.76. The lowest BCUT2D eigenvalue weighted by molar-refractivity contribution is -0.359. The second kappa shape index (κ2) is 26.1. The van der Waals surface area contributed by atoms with Crippen LogP contribution in [0.5, 0.6) is 0 Å². The van der Waals surface area contributed by atoms with Gasteiger partial charge in [-0.2, -0.15) is 0 Å². The summed E-state index contributed by atoms with van der Waals surface area (Å²) in [7, 11) is 0. The van der Waals surface area contributed by atoms with Crippen molar-refractivity contribution in [2.45, 2.75) is 171 Å². The molecule has 12 unspecified atom stereocenters. The summed E-state index contributed by atoms with van der Waals surface area (Å²) in [6.07, 6.45) is 7.16. The van der Waals surface area contributed by atoms with E-state index < -0.39 is 86.8 Å². The number of aliphatic hydroxyl groups is 8. The Bertz CT molecular complexity index is 1010. The molecule has 0 aromatic heterocycles. The zero-order chi connectivity index (χ0) is 37.6. The molecule has 2 saturated heterocycles. The van der Waals surface area contributed by atoms with Crippen LogP contribution in [0.2, 0.25) is 0 Å². The highest BCUT2D eigenvalue weighted by Crippen LogP contribution is 2.29. The molecule has 0 aromatic carbocycles. The molecule has 14 nitrogen and oxygen atoms in total. The zero-order valence-electron chi connectivity index (χ0n) is 30.3. The van der Waals surface area contributed by atoms with Gasteiger partial charge in [0.25, 0.3) is 0 Å². The number of aliphatic hydroxyl groups excluding tert-OH is 8. The van der Waals surface area contributed by atoms with Gasteiger partial charge in [-0.15, -0.1) is 0 Å². The molecule has 0 bridgehead atoms. The first-order valence-electron chi connectivity index (χ1n) is 18.7. The van der Waals surface area contributed by atoms with Crippen LogP contribution in [0.15, 0.2) is 36.5 Å². The molecule has 12 atom stereocenters. The minimum atomic E-state index is -1.79. The molecule has 2 rings (SSSR count). The van der Waals surface area contributed by atoms with Gasteiger partial charge in [0.1, 0.15) is 48.8 Å². The predicted molar refractivity (Wildman–Crippen MR) is 189 cm³/mol. The molecular formula is C37H65NO13. The van der Waals surface area contributed by atoms with Crippen LogP contribution in [0.3, 0.4) is 0 Å². The van der Waals surface area contributed by atoms with E-state index in [1.807, 2.05) is 6.08 Å². The van der Waals surface area contributed by atoms with Crippen molar-refractivity contribution in [3.8, 4) is 0 Å². The molecule has 0 spiro atoms. The van der Waals surface area contributed by atoms with Gasteiger partial charge in [-0.05, 0) is 38.5 Å². The van der Waals surface area contributed by atoms with E-state index in [0.717, 1.165) is 70.6 Å². The largest absolute Gasteiger partial charge is 0.394 e. The molecule has 1 amide bonds. The minimum absolute atomic E-state index is 0.261. The maximum Gasteiger partial charge on any atom is 0.220 e. The number of hydrogen-bond acceptors (Lipinski definition) is 13. The molecule has 2 aliphatic rings. The Morgan fingerprint density at radius 2 is 1.33 bits per heavy atom. The van der Waals surface area contributed by atoms with Crippen molar-refractivity contribution in [3.63, 3.8) is 0 Å². The third kappa shape index (κ3) is 16.0. The van der Waals surface area contributed by atoms with Crippen molar-refractivity contribution in [2.75, 3.05) is 19.8 Å². The molecule has 14 heteroatoms. The monoisotopic (exact) mass is 731 g/mol. The summed E-state index contributed by atoms with van der Waals surface area (Å²) >= 11 is 0. The third-order valence-corrected chi connectivity index (χ3v) is 9.05. The number of rotatable bonds is 25. The van der Waals surface area contributed by atoms with Crippen LogP contribution < -0.4 is 5.32 Å². The van der Waals surface area contributed by atoms with E-state index in [-0.39, 0.29) is 18.9 Å². The Balaban J connectivity index is 1.90. The number of amides is 1. The summed E-state index contributed by atoms with van der Waals surface area (Å²) in [5, 5.41) is 85.5. The normalized spacial score (nSPS) is 31.5. The first-order chi connectivity index (χ1) is 24.6. The van der Waals surface area contributed by atoms with Gasteiger partial charge in [0.05, 0.1) is 32.0 Å². The van der Waals surface area contributed by atoms with Gasteiger partial charge in [-0.25, -0.2) is 0 Å². The molecule has 2 aliphatic heterocycles. The molecule has 2 fully saturated rings. The zero-order valence-corrected chi connectivity index (χ0v) is 30.3. The molecule has 0 radical (unpaired) electrons. The summed E-state index contributed by atoms with van der Waals surface area (Å²) in [6.45, 7) is 2.48. The number of carbonyl (C=O) groups is 1. The van der Waals surface area contributed by atoms with E-state index in [9.17, 15) is 45.6 Å². The highest BCUT2D eigenvalue weighted by Gasteiger charge is 2.50. The molecule has 296 valence electrons. The molecule has 9 N–H and O–H groups in total. The summed E-state index contributed by atoms with van der Waals surface area (Å²) in [6, 6.07) is -0.914. The van der Waals surface area contributed by atoms with Gasteiger partial charge in [0.2, 0.25) is 5.91 Å². The maximum absolute atomic E-state index is 12.9. The van der Waals surface area contributed by atoms with Gasteiger partial charge in [0.15, 0.2) is 12.6 Å². The van der Waals surface area contributed by atoms with E-state index >= 15 is 0 Å². The van der Waals surface area contributed by atoms with E-state index in [4.69, 9.17) is 18.9 Å². The summed E-state index contributed by atoms with van der Waals surface area (Å²) in [4.78, 5) is 12.9. The standard InChI is InChI=1S/C37H65NO13/c1-3-5-7-9-10-11-12-13-14-15-16-17-19-21-29(42)38-25(26(41)20-18-8-6-4-2)24-48-36-34(47)32(45)35(28(23-40)50-36)51-37-33(46)31(44)30(43)27(22-39)49-37/h7,9,11-12,18,20,25-28,30-37,39-41,43-47H,3-6,8,10,13-17,19,21-24H2,1-2H3,(H,38,42)/b9-7-,12-11-,20-18+. The topological polar surface area (TPSA) is 228 Å². The van der Waals surface area contributed by atoms with Crippen molar-refractivity contribution >= 4 is 5.91 Å². The molecule has 0 aliphatic carbocycles. The Kier molecular flexibility index (Phi) is 23.2. The Morgan fingerprint density at radius 1 is 0.706 bits per heavy atom. The van der Waals surface area contributed by atoms with Crippen LogP contribution in [0.25, 0.3) is 0 Å². The number of nitrogens with one attached hydrogen (secondary N) is 1. The fraction of sp³-hybridized carbons (Fsp3) is 0.811. The van der Waals surface area contributed by atoms with Crippen molar-refractivity contribution in [3.05, 3.63) is 36.5 Å². The van der Waals surface area contributed by atoms with Crippen LogP contribution in [-0.4, -0.2) is 140 Å². The lowest BCUT2D eigenvalue weighted by Crippen LogP contribution is -2.65. The van der Waals surface area contributed by atoms with Gasteiger partial charge >= 0.3 is 0 Å². The van der Waals surface area contributed by atoms with Crippen LogP contribution in [0.1, 0.15) is 97.3 Å². The number of unbranched alkanes of at least 4 members (excludes halogenated alkanes) is 8. The molecule has 0 saturated carbocycles. The first kappa shape index (κ1) is 45.4. The molecule has 51 heavy (non-hydrogen) atoms. The van der Waals surface area contributed by atoms with Gasteiger partial charge in [0, 0.05) is 6.42 Å². The smallest absolute Gasteiger partial charge is 0.220 e. The highest BCUT2D eigenvalue weighted by atomic mass is 16.7. The van der Waals surface area contributed by atoms with E-state index in [2.05, 4.69) is 43.5 Å². The van der Waals surface area contributed by atoms with Crippen molar-refractivity contribution < 1.29 is 64.6 Å². The molecule has 2 heterocycles. The van der Waals surface area contributed by atoms with Crippen LogP contribution in [0, 0.1) is 0 Å². The molecular weight excluding hydrogens is 666 g/mol. The Morgan fingerprint density at radius 3 is 2.02 bits per heavy atom. The fourth-order valence-corrected chi connectivity index (χ4v) is 5.84.